The van der Waals surface area contributed by atoms with Gasteiger partial charge in [-0.05, 0) is 0 Å². The van der Waals surface area contributed by atoms with E-state index >= 15 is 0 Å². The molecule has 8 nitrogen and oxygen atoms in total. The molecule has 2 aliphatic rings. The lowest BCUT2D eigenvalue weighted by atomic mass is 10.0. The van der Waals surface area contributed by atoms with Crippen molar-refractivity contribution in [1.82, 2.24) is 10.2 Å². The van der Waals surface area contributed by atoms with Gasteiger partial charge in [-0.25, -0.2) is 4.79 Å². The van der Waals surface area contributed by atoms with E-state index in [-0.39, 0.29) is 26.3 Å². The summed E-state index contributed by atoms with van der Waals surface area (Å²) in [6.07, 6.45) is -1.91. The van der Waals surface area contributed by atoms with Crippen LogP contribution in [-0.2, 0) is 9.53 Å². The third kappa shape index (κ3) is 2.55. The summed E-state index contributed by atoms with van der Waals surface area (Å²) in [5.74, 6) is -1.77. The lowest BCUT2D eigenvalue weighted by molar-refractivity contribution is -0.142. The lowest BCUT2D eigenvalue weighted by Crippen LogP contribution is -2.48. The minimum atomic E-state index is -1.01. The Labute approximate surface area is 103 Å². The molecular formula is C10H16N2O6. The number of carboxylic acid groups (broad SMARTS) is 1. The van der Waals surface area contributed by atoms with Crippen LogP contribution in [-0.4, -0.2) is 76.8 Å². The Morgan fingerprint density at radius 1 is 1.17 bits per heavy atom. The number of aliphatic hydroxyl groups excluding tert-OH is 2. The van der Waals surface area contributed by atoms with E-state index in [1.807, 2.05) is 0 Å². The van der Waals surface area contributed by atoms with Crippen molar-refractivity contribution in [2.45, 2.75) is 18.2 Å². The maximum atomic E-state index is 11.8. The van der Waals surface area contributed by atoms with Gasteiger partial charge in [0.2, 0.25) is 0 Å². The summed E-state index contributed by atoms with van der Waals surface area (Å²) >= 11 is 0. The number of rotatable bonds is 2. The Kier molecular flexibility index (Phi) is 3.69. The largest absolute Gasteiger partial charge is 0.481 e. The maximum Gasteiger partial charge on any atom is 0.317 e. The van der Waals surface area contributed by atoms with Crippen LogP contribution in [0.1, 0.15) is 0 Å². The van der Waals surface area contributed by atoms with Crippen LogP contribution in [0.2, 0.25) is 0 Å². The second-order valence-electron chi connectivity index (χ2n) is 4.58. The predicted octanol–water partition coefficient (Wildman–Crippen LogP) is -2.17. The zero-order valence-corrected chi connectivity index (χ0v) is 9.65. The van der Waals surface area contributed by atoms with Crippen molar-refractivity contribution in [1.29, 1.82) is 0 Å². The van der Waals surface area contributed by atoms with E-state index < -0.39 is 36.2 Å². The standard InChI is InChI=1S/C10H16N2O6/c13-7-1-12(2-8(7)14)10(17)11-6-4-18-3-5(6)9(15)16/h5-8,13-14H,1-4H2,(H,11,17)(H,15,16). The summed E-state index contributed by atoms with van der Waals surface area (Å²) in [5.41, 5.74) is 0. The number of likely N-dealkylation sites (tertiary alicyclic amines) is 1. The van der Waals surface area contributed by atoms with E-state index in [1.54, 1.807) is 0 Å². The summed E-state index contributed by atoms with van der Waals surface area (Å²) < 4.78 is 5.02. The molecule has 0 aliphatic carbocycles. The number of carboxylic acids is 1. The number of aliphatic carboxylic acids is 1. The number of carbonyl (C=O) groups is 2. The number of hydrogen-bond acceptors (Lipinski definition) is 5. The summed E-state index contributed by atoms with van der Waals surface area (Å²) in [6, 6.07) is -1.07. The van der Waals surface area contributed by atoms with Gasteiger partial charge in [-0.15, -0.1) is 0 Å². The fourth-order valence-corrected chi connectivity index (χ4v) is 2.13. The van der Waals surface area contributed by atoms with Crippen LogP contribution in [0.15, 0.2) is 0 Å². The molecule has 8 heteroatoms. The van der Waals surface area contributed by atoms with Gasteiger partial charge in [0.15, 0.2) is 0 Å². The van der Waals surface area contributed by atoms with Crippen molar-refractivity contribution in [2.24, 2.45) is 5.92 Å². The summed E-state index contributed by atoms with van der Waals surface area (Å²) in [7, 11) is 0. The number of aliphatic hydroxyl groups is 2. The molecule has 0 aromatic carbocycles. The number of β-amino-alcohol motifs (C(OH)–C–C–N with tert-alkyl or cyclic N) is 2. The Hall–Kier alpha value is -1.38. The van der Waals surface area contributed by atoms with Gasteiger partial charge in [-0.2, -0.15) is 0 Å². The molecule has 2 heterocycles. The molecule has 18 heavy (non-hydrogen) atoms. The van der Waals surface area contributed by atoms with Crippen LogP contribution in [0.25, 0.3) is 0 Å². The molecule has 2 amide bonds. The van der Waals surface area contributed by atoms with E-state index in [4.69, 9.17) is 9.84 Å². The van der Waals surface area contributed by atoms with Crippen molar-refractivity contribution in [2.75, 3.05) is 26.3 Å². The molecule has 2 saturated heterocycles. The third-order valence-corrected chi connectivity index (χ3v) is 3.25. The topological polar surface area (TPSA) is 119 Å². The number of hydrogen-bond donors (Lipinski definition) is 4. The molecule has 0 saturated carbocycles. The first-order chi connectivity index (χ1) is 8.49. The zero-order chi connectivity index (χ0) is 13.3. The van der Waals surface area contributed by atoms with E-state index in [1.165, 1.54) is 4.90 Å². The van der Waals surface area contributed by atoms with E-state index in [2.05, 4.69) is 5.32 Å². The fourth-order valence-electron chi connectivity index (χ4n) is 2.13. The predicted molar refractivity (Wildman–Crippen MR) is 57.9 cm³/mol. The molecule has 2 rings (SSSR count). The highest BCUT2D eigenvalue weighted by atomic mass is 16.5. The van der Waals surface area contributed by atoms with Gasteiger partial charge in [0.25, 0.3) is 0 Å². The van der Waals surface area contributed by atoms with Crippen molar-refractivity contribution in [3.63, 3.8) is 0 Å². The van der Waals surface area contributed by atoms with Gasteiger partial charge >= 0.3 is 12.0 Å². The first kappa shape index (κ1) is 13.1. The number of nitrogens with zero attached hydrogens (tertiary/aromatic N) is 1. The molecule has 0 aromatic rings. The average Bonchev–Trinajstić information content (AvgIpc) is 2.87. The van der Waals surface area contributed by atoms with Crippen LogP contribution in [0.5, 0.6) is 0 Å². The lowest BCUT2D eigenvalue weighted by Gasteiger charge is -2.21. The van der Waals surface area contributed by atoms with E-state index in [0.717, 1.165) is 0 Å². The molecule has 4 N–H and O–H groups in total. The number of amides is 2. The second kappa shape index (κ2) is 5.09. The summed E-state index contributed by atoms with van der Waals surface area (Å²) in [5, 5.41) is 30.1. The zero-order valence-electron chi connectivity index (χ0n) is 9.65. The Balaban J connectivity index is 1.90. The van der Waals surface area contributed by atoms with Gasteiger partial charge in [0, 0.05) is 0 Å². The minimum absolute atomic E-state index is 0.0400. The highest BCUT2D eigenvalue weighted by Gasteiger charge is 2.38. The highest BCUT2D eigenvalue weighted by Crippen LogP contribution is 2.15. The van der Waals surface area contributed by atoms with E-state index in [0.29, 0.717) is 0 Å². The van der Waals surface area contributed by atoms with Crippen molar-refractivity contribution in [3.8, 4) is 0 Å². The third-order valence-electron chi connectivity index (χ3n) is 3.25. The quantitative estimate of drug-likeness (QED) is 0.449. The Morgan fingerprint density at radius 2 is 1.78 bits per heavy atom. The molecule has 0 aromatic heterocycles. The van der Waals surface area contributed by atoms with Crippen molar-refractivity contribution < 1.29 is 29.6 Å². The number of ether oxygens (including phenoxy) is 1. The minimum Gasteiger partial charge on any atom is -0.481 e. The normalized spacial score (nSPS) is 35.8. The maximum absolute atomic E-state index is 11.8. The number of carbonyl (C=O) groups excluding carboxylic acids is 1. The molecule has 0 spiro atoms. The SMILES string of the molecule is O=C(O)C1COCC1NC(=O)N1CC(O)C(O)C1. The second-order valence-corrected chi connectivity index (χ2v) is 4.58. The number of urea groups is 1. The molecule has 4 unspecified atom stereocenters. The molecule has 0 radical (unpaired) electrons. The van der Waals surface area contributed by atoms with Gasteiger partial charge < -0.3 is 30.3 Å². The van der Waals surface area contributed by atoms with Crippen LogP contribution < -0.4 is 5.32 Å². The molecule has 4 atom stereocenters. The van der Waals surface area contributed by atoms with Gasteiger partial charge in [0.05, 0.1) is 44.6 Å². The fraction of sp³-hybridized carbons (Fsp3) is 0.800. The molecule has 102 valence electrons. The highest BCUT2D eigenvalue weighted by molar-refractivity contribution is 5.77. The molecule has 2 fully saturated rings. The van der Waals surface area contributed by atoms with Crippen molar-refractivity contribution >= 4 is 12.0 Å². The summed E-state index contributed by atoms with van der Waals surface area (Å²) in [6.45, 7) is 0.309. The average molecular weight is 260 g/mol. The van der Waals surface area contributed by atoms with E-state index in [9.17, 15) is 19.8 Å². The Morgan fingerprint density at radius 3 is 2.33 bits per heavy atom. The van der Waals surface area contributed by atoms with Crippen LogP contribution in [0, 0.1) is 5.92 Å². The molecule has 0 bridgehead atoms. The number of nitrogens with one attached hydrogen (secondary N) is 1. The van der Waals surface area contributed by atoms with Crippen LogP contribution >= 0.6 is 0 Å². The monoisotopic (exact) mass is 260 g/mol. The van der Waals surface area contributed by atoms with Gasteiger partial charge in [-0.1, -0.05) is 0 Å². The molecular weight excluding hydrogens is 244 g/mol. The summed E-state index contributed by atoms with van der Waals surface area (Å²) in [4.78, 5) is 24.0. The van der Waals surface area contributed by atoms with Crippen LogP contribution in [0.3, 0.4) is 0 Å². The van der Waals surface area contributed by atoms with Gasteiger partial charge in [-0.3, -0.25) is 4.79 Å². The first-order valence-electron chi connectivity index (χ1n) is 5.71. The first-order valence-corrected chi connectivity index (χ1v) is 5.71. The van der Waals surface area contributed by atoms with Gasteiger partial charge in [0.1, 0.15) is 5.92 Å². The van der Waals surface area contributed by atoms with Crippen molar-refractivity contribution in [3.05, 3.63) is 0 Å². The van der Waals surface area contributed by atoms with Crippen LogP contribution in [0.4, 0.5) is 4.79 Å². The Bertz CT molecular complexity index is 339. The smallest absolute Gasteiger partial charge is 0.317 e. The molecule has 2 aliphatic heterocycles.